The lowest BCUT2D eigenvalue weighted by molar-refractivity contribution is 0.00474. The SMILES string of the molecule is c1ccc(CN2CCNC3(CCOCC3)C2)cc1. The van der Waals surface area contributed by atoms with Crippen molar-refractivity contribution in [1.82, 2.24) is 10.2 Å². The van der Waals surface area contributed by atoms with Crippen molar-refractivity contribution >= 4 is 0 Å². The molecule has 2 aliphatic rings. The zero-order valence-corrected chi connectivity index (χ0v) is 10.9. The summed E-state index contributed by atoms with van der Waals surface area (Å²) in [6, 6.07) is 10.8. The normalized spacial score (nSPS) is 24.2. The fourth-order valence-electron chi connectivity index (χ4n) is 3.12. The molecule has 0 amide bonds. The van der Waals surface area contributed by atoms with E-state index in [1.165, 1.54) is 5.56 Å². The Morgan fingerprint density at radius 1 is 1.17 bits per heavy atom. The number of hydrogen-bond donors (Lipinski definition) is 1. The van der Waals surface area contributed by atoms with Crippen LogP contribution in [0.3, 0.4) is 0 Å². The van der Waals surface area contributed by atoms with Crippen molar-refractivity contribution in [2.24, 2.45) is 0 Å². The molecule has 98 valence electrons. The van der Waals surface area contributed by atoms with Crippen LogP contribution >= 0.6 is 0 Å². The van der Waals surface area contributed by atoms with Crippen molar-refractivity contribution in [3.63, 3.8) is 0 Å². The molecule has 2 heterocycles. The van der Waals surface area contributed by atoms with Crippen molar-refractivity contribution in [2.45, 2.75) is 24.9 Å². The zero-order chi connectivity index (χ0) is 12.3. The topological polar surface area (TPSA) is 24.5 Å². The average Bonchev–Trinajstić information content (AvgIpc) is 2.41. The first-order valence-corrected chi connectivity index (χ1v) is 6.95. The van der Waals surface area contributed by atoms with Crippen molar-refractivity contribution in [2.75, 3.05) is 32.8 Å². The predicted molar refractivity (Wildman–Crippen MR) is 72.5 cm³/mol. The van der Waals surface area contributed by atoms with Gasteiger partial charge in [-0.2, -0.15) is 0 Å². The Bertz CT molecular complexity index is 368. The third-order valence-corrected chi connectivity index (χ3v) is 4.15. The summed E-state index contributed by atoms with van der Waals surface area (Å²) in [7, 11) is 0. The molecule has 1 N–H and O–H groups in total. The van der Waals surface area contributed by atoms with Crippen LogP contribution in [0.1, 0.15) is 18.4 Å². The maximum absolute atomic E-state index is 5.49. The molecule has 3 nitrogen and oxygen atoms in total. The van der Waals surface area contributed by atoms with Gasteiger partial charge in [0.15, 0.2) is 0 Å². The van der Waals surface area contributed by atoms with Crippen LogP contribution in [0.5, 0.6) is 0 Å². The molecule has 0 aliphatic carbocycles. The largest absolute Gasteiger partial charge is 0.381 e. The van der Waals surface area contributed by atoms with Crippen LogP contribution in [0.4, 0.5) is 0 Å². The van der Waals surface area contributed by atoms with Crippen LogP contribution < -0.4 is 5.32 Å². The molecule has 1 spiro atoms. The molecule has 2 aliphatic heterocycles. The maximum Gasteiger partial charge on any atom is 0.0484 e. The summed E-state index contributed by atoms with van der Waals surface area (Å²) in [4.78, 5) is 2.58. The highest BCUT2D eigenvalue weighted by Crippen LogP contribution is 2.25. The quantitative estimate of drug-likeness (QED) is 0.858. The molecule has 0 atom stereocenters. The standard InChI is InChI=1S/C15H22N2O/c1-2-4-14(5-3-1)12-17-9-8-16-15(13-17)6-10-18-11-7-15/h1-5,16H,6-13H2. The first-order valence-electron chi connectivity index (χ1n) is 6.95. The minimum atomic E-state index is 0.311. The van der Waals surface area contributed by atoms with E-state index in [1.54, 1.807) is 0 Å². The molecule has 0 radical (unpaired) electrons. The summed E-state index contributed by atoms with van der Waals surface area (Å²) in [5.41, 5.74) is 1.73. The Morgan fingerprint density at radius 2 is 1.94 bits per heavy atom. The summed E-state index contributed by atoms with van der Waals surface area (Å²) in [6.45, 7) is 6.30. The van der Waals surface area contributed by atoms with E-state index < -0.39 is 0 Å². The lowest BCUT2D eigenvalue weighted by atomic mass is 9.87. The van der Waals surface area contributed by atoms with Gasteiger partial charge in [0.1, 0.15) is 0 Å². The highest BCUT2D eigenvalue weighted by molar-refractivity contribution is 5.15. The van der Waals surface area contributed by atoms with Crippen molar-refractivity contribution in [3.05, 3.63) is 35.9 Å². The Hall–Kier alpha value is -0.900. The number of nitrogens with one attached hydrogen (secondary N) is 1. The lowest BCUT2D eigenvalue weighted by Crippen LogP contribution is -2.62. The Kier molecular flexibility index (Phi) is 3.64. The third kappa shape index (κ3) is 2.74. The molecule has 18 heavy (non-hydrogen) atoms. The fraction of sp³-hybridized carbons (Fsp3) is 0.600. The van der Waals surface area contributed by atoms with Gasteiger partial charge in [-0.3, -0.25) is 4.90 Å². The summed E-state index contributed by atoms with van der Waals surface area (Å²) in [6.07, 6.45) is 2.30. The van der Waals surface area contributed by atoms with E-state index in [2.05, 4.69) is 40.5 Å². The van der Waals surface area contributed by atoms with Gasteiger partial charge < -0.3 is 10.1 Å². The summed E-state index contributed by atoms with van der Waals surface area (Å²) >= 11 is 0. The summed E-state index contributed by atoms with van der Waals surface area (Å²) in [5.74, 6) is 0. The number of nitrogens with zero attached hydrogens (tertiary/aromatic N) is 1. The Balaban J connectivity index is 1.63. The van der Waals surface area contributed by atoms with Crippen molar-refractivity contribution in [3.8, 4) is 0 Å². The van der Waals surface area contributed by atoms with Crippen LogP contribution in [0.25, 0.3) is 0 Å². The van der Waals surface area contributed by atoms with E-state index >= 15 is 0 Å². The zero-order valence-electron chi connectivity index (χ0n) is 10.9. The monoisotopic (exact) mass is 246 g/mol. The predicted octanol–water partition coefficient (Wildman–Crippen LogP) is 1.64. The van der Waals surface area contributed by atoms with Gasteiger partial charge in [0.25, 0.3) is 0 Å². The van der Waals surface area contributed by atoms with E-state index in [0.717, 1.165) is 52.2 Å². The number of ether oxygens (including phenoxy) is 1. The van der Waals surface area contributed by atoms with E-state index in [1.807, 2.05) is 0 Å². The Labute approximate surface area is 109 Å². The first-order chi connectivity index (χ1) is 8.86. The third-order valence-electron chi connectivity index (χ3n) is 4.15. The number of benzene rings is 1. The first kappa shape index (κ1) is 12.2. The second kappa shape index (κ2) is 5.39. The van der Waals surface area contributed by atoms with Gasteiger partial charge in [0.2, 0.25) is 0 Å². The second-order valence-corrected chi connectivity index (χ2v) is 5.52. The molecule has 0 unspecified atom stereocenters. The minimum Gasteiger partial charge on any atom is -0.381 e. The van der Waals surface area contributed by atoms with E-state index in [-0.39, 0.29) is 0 Å². The van der Waals surface area contributed by atoms with Gasteiger partial charge in [-0.1, -0.05) is 30.3 Å². The molecular formula is C15H22N2O. The maximum atomic E-state index is 5.49. The molecule has 3 rings (SSSR count). The molecule has 2 saturated heterocycles. The molecule has 3 heteroatoms. The highest BCUT2D eigenvalue weighted by Gasteiger charge is 2.36. The molecule has 0 bridgehead atoms. The van der Waals surface area contributed by atoms with E-state index in [9.17, 15) is 0 Å². The Morgan fingerprint density at radius 3 is 2.72 bits per heavy atom. The molecular weight excluding hydrogens is 224 g/mol. The van der Waals surface area contributed by atoms with Crippen molar-refractivity contribution in [1.29, 1.82) is 0 Å². The number of hydrogen-bond acceptors (Lipinski definition) is 3. The lowest BCUT2D eigenvalue weighted by Gasteiger charge is -2.46. The summed E-state index contributed by atoms with van der Waals surface area (Å²) in [5, 5.41) is 3.73. The molecule has 1 aromatic carbocycles. The van der Waals surface area contributed by atoms with Gasteiger partial charge >= 0.3 is 0 Å². The van der Waals surface area contributed by atoms with Gasteiger partial charge in [-0.15, -0.1) is 0 Å². The van der Waals surface area contributed by atoms with Crippen LogP contribution in [-0.2, 0) is 11.3 Å². The molecule has 2 fully saturated rings. The minimum absolute atomic E-state index is 0.311. The fourth-order valence-corrected chi connectivity index (χ4v) is 3.12. The van der Waals surface area contributed by atoms with Crippen LogP contribution in [0, 0.1) is 0 Å². The highest BCUT2D eigenvalue weighted by atomic mass is 16.5. The van der Waals surface area contributed by atoms with E-state index in [4.69, 9.17) is 4.74 Å². The van der Waals surface area contributed by atoms with Gasteiger partial charge in [0.05, 0.1) is 0 Å². The van der Waals surface area contributed by atoms with Crippen LogP contribution in [0.2, 0.25) is 0 Å². The number of rotatable bonds is 2. The number of piperazine rings is 1. The second-order valence-electron chi connectivity index (χ2n) is 5.52. The average molecular weight is 246 g/mol. The molecule has 1 aromatic rings. The van der Waals surface area contributed by atoms with Crippen LogP contribution in [-0.4, -0.2) is 43.3 Å². The van der Waals surface area contributed by atoms with E-state index in [0.29, 0.717) is 5.54 Å². The summed E-state index contributed by atoms with van der Waals surface area (Å²) < 4.78 is 5.49. The van der Waals surface area contributed by atoms with Crippen LogP contribution in [0.15, 0.2) is 30.3 Å². The van der Waals surface area contributed by atoms with Crippen molar-refractivity contribution < 1.29 is 4.74 Å². The van der Waals surface area contributed by atoms with Gasteiger partial charge in [0, 0.05) is 44.9 Å². The smallest absolute Gasteiger partial charge is 0.0484 e. The van der Waals surface area contributed by atoms with Gasteiger partial charge in [-0.25, -0.2) is 0 Å². The molecule has 0 saturated carbocycles. The molecule has 0 aromatic heterocycles. The van der Waals surface area contributed by atoms with Gasteiger partial charge in [-0.05, 0) is 18.4 Å².